The minimum absolute atomic E-state index is 0. The van der Waals surface area contributed by atoms with Crippen LogP contribution in [0.3, 0.4) is 0 Å². The van der Waals surface area contributed by atoms with Gasteiger partial charge >= 0.3 is 0 Å². The van der Waals surface area contributed by atoms with Crippen LogP contribution in [-0.2, 0) is 13.6 Å². The molecule has 1 aliphatic heterocycles. The molecule has 2 aromatic heterocycles. The zero-order valence-electron chi connectivity index (χ0n) is 14.4. The van der Waals surface area contributed by atoms with Crippen molar-refractivity contribution in [1.82, 2.24) is 24.6 Å². The van der Waals surface area contributed by atoms with E-state index in [0.717, 1.165) is 48.9 Å². The van der Waals surface area contributed by atoms with Crippen LogP contribution in [0.1, 0.15) is 30.0 Å². The number of hydrogen-bond acceptors (Lipinski definition) is 4. The number of likely N-dealkylation sites (tertiary alicyclic amines) is 1. The maximum absolute atomic E-state index is 13.4. The van der Waals surface area contributed by atoms with Gasteiger partial charge in [0.05, 0.1) is 5.69 Å². The summed E-state index contributed by atoms with van der Waals surface area (Å²) in [5, 5.41) is 4.63. The lowest BCUT2D eigenvalue weighted by atomic mass is 9.94. The molecule has 0 bridgehead atoms. The summed E-state index contributed by atoms with van der Waals surface area (Å²) in [4.78, 5) is 11.0. The molecule has 1 fully saturated rings. The minimum atomic E-state index is -0.533. The van der Waals surface area contributed by atoms with Crippen LogP contribution in [-0.4, -0.2) is 37.7 Å². The van der Waals surface area contributed by atoms with Gasteiger partial charge in [-0.15, -0.1) is 12.4 Å². The second-order valence-corrected chi connectivity index (χ2v) is 6.59. The average Bonchev–Trinajstić information content (AvgIpc) is 2.92. The molecule has 1 saturated heterocycles. The first-order valence-corrected chi connectivity index (χ1v) is 8.41. The second kappa shape index (κ2) is 7.63. The number of rotatable bonds is 3. The first kappa shape index (κ1) is 18.7. The van der Waals surface area contributed by atoms with Crippen molar-refractivity contribution in [1.29, 1.82) is 0 Å². The predicted molar refractivity (Wildman–Crippen MR) is 97.2 cm³/mol. The second-order valence-electron chi connectivity index (χ2n) is 6.59. The van der Waals surface area contributed by atoms with E-state index in [1.165, 1.54) is 12.1 Å². The van der Waals surface area contributed by atoms with E-state index in [-0.39, 0.29) is 18.3 Å². The Hall–Kier alpha value is -2.12. The highest BCUT2D eigenvalue weighted by Crippen LogP contribution is 2.30. The molecule has 0 radical (unpaired) electrons. The van der Waals surface area contributed by atoms with E-state index in [4.69, 9.17) is 0 Å². The average molecular weight is 380 g/mol. The Morgan fingerprint density at radius 3 is 2.62 bits per heavy atom. The predicted octanol–water partition coefficient (Wildman–Crippen LogP) is 3.44. The van der Waals surface area contributed by atoms with Gasteiger partial charge in [0, 0.05) is 44.5 Å². The first-order chi connectivity index (χ1) is 12.1. The van der Waals surface area contributed by atoms with Crippen molar-refractivity contribution in [3.63, 3.8) is 0 Å². The first-order valence-electron chi connectivity index (χ1n) is 8.41. The summed E-state index contributed by atoms with van der Waals surface area (Å²) in [6.45, 7) is 2.23. The third-order valence-corrected chi connectivity index (χ3v) is 4.71. The third-order valence-electron chi connectivity index (χ3n) is 4.71. The third kappa shape index (κ3) is 3.68. The molecule has 0 saturated carbocycles. The maximum atomic E-state index is 13.4. The van der Waals surface area contributed by atoms with Crippen molar-refractivity contribution in [2.24, 2.45) is 7.05 Å². The van der Waals surface area contributed by atoms with Gasteiger partial charge in [0.1, 0.15) is 17.2 Å². The summed E-state index contributed by atoms with van der Waals surface area (Å²) in [6, 6.07) is 3.70. The lowest BCUT2D eigenvalue weighted by molar-refractivity contribution is 0.198. The lowest BCUT2D eigenvalue weighted by Gasteiger charge is -2.32. The Balaban J connectivity index is 0.00000196. The Morgan fingerprint density at radius 1 is 1.12 bits per heavy atom. The summed E-state index contributed by atoms with van der Waals surface area (Å²) in [7, 11) is 1.87. The van der Waals surface area contributed by atoms with Crippen molar-refractivity contribution in [2.75, 3.05) is 13.1 Å². The van der Waals surface area contributed by atoms with Gasteiger partial charge < -0.3 is 0 Å². The van der Waals surface area contributed by atoms with Crippen LogP contribution < -0.4 is 0 Å². The standard InChI is InChI=1S/C18H19F2N5.ClH/c1-24-18-17(21-4-5-22-18)16(23-24)13-3-2-6-25(11-13)10-12-7-14(19)9-15(20)8-12;/h4-5,7-9,13H,2-3,6,10-11H2,1H3;1H. The number of nitrogens with zero attached hydrogens (tertiary/aromatic N) is 5. The summed E-state index contributed by atoms with van der Waals surface area (Å²) in [5.74, 6) is -0.823. The fourth-order valence-corrected chi connectivity index (χ4v) is 3.66. The summed E-state index contributed by atoms with van der Waals surface area (Å²) in [6.07, 6.45) is 5.39. The molecular formula is C18H20ClF2N5. The molecule has 1 aromatic carbocycles. The van der Waals surface area contributed by atoms with Crippen molar-refractivity contribution >= 4 is 23.6 Å². The van der Waals surface area contributed by atoms with Crippen molar-refractivity contribution in [3.05, 3.63) is 53.5 Å². The van der Waals surface area contributed by atoms with Crippen LogP contribution in [0.2, 0.25) is 0 Å². The van der Waals surface area contributed by atoms with E-state index in [1.807, 2.05) is 7.05 Å². The fraction of sp³-hybridized carbons (Fsp3) is 0.389. The van der Waals surface area contributed by atoms with Gasteiger partial charge in [-0.1, -0.05) is 0 Å². The van der Waals surface area contributed by atoms with Gasteiger partial charge in [0.2, 0.25) is 0 Å². The Kier molecular flexibility index (Phi) is 5.48. The Morgan fingerprint density at radius 2 is 1.85 bits per heavy atom. The van der Waals surface area contributed by atoms with Crippen LogP contribution in [0.15, 0.2) is 30.6 Å². The van der Waals surface area contributed by atoms with Gasteiger partial charge in [-0.2, -0.15) is 5.10 Å². The van der Waals surface area contributed by atoms with E-state index in [2.05, 4.69) is 20.0 Å². The number of benzene rings is 1. The number of aryl methyl sites for hydroxylation is 1. The molecule has 3 heterocycles. The molecule has 5 nitrogen and oxygen atoms in total. The Bertz CT molecular complexity index is 893. The van der Waals surface area contributed by atoms with E-state index in [1.54, 1.807) is 17.1 Å². The SMILES string of the molecule is Cl.Cn1nc(C2CCCN(Cc3cc(F)cc(F)c3)C2)c2nccnc21. The molecular weight excluding hydrogens is 360 g/mol. The maximum Gasteiger partial charge on any atom is 0.176 e. The minimum Gasteiger partial charge on any atom is -0.298 e. The van der Waals surface area contributed by atoms with Crippen LogP contribution in [0, 0.1) is 11.6 Å². The number of aromatic nitrogens is 4. The zero-order chi connectivity index (χ0) is 17.4. The number of halogens is 3. The van der Waals surface area contributed by atoms with E-state index >= 15 is 0 Å². The van der Waals surface area contributed by atoms with Crippen LogP contribution >= 0.6 is 12.4 Å². The molecule has 0 spiro atoms. The summed E-state index contributed by atoms with van der Waals surface area (Å²) < 4.78 is 28.6. The fourth-order valence-electron chi connectivity index (χ4n) is 3.66. The number of fused-ring (bicyclic) bond motifs is 1. The highest BCUT2D eigenvalue weighted by Gasteiger charge is 2.26. The normalized spacial score (nSPS) is 18.0. The molecule has 4 rings (SSSR count). The molecule has 8 heteroatoms. The molecule has 0 amide bonds. The molecule has 138 valence electrons. The molecule has 0 aliphatic carbocycles. The van der Waals surface area contributed by atoms with Gasteiger partial charge in [-0.25, -0.2) is 23.4 Å². The van der Waals surface area contributed by atoms with Gasteiger partial charge in [0.15, 0.2) is 5.65 Å². The van der Waals surface area contributed by atoms with Crippen molar-refractivity contribution in [2.45, 2.75) is 25.3 Å². The van der Waals surface area contributed by atoms with Gasteiger partial charge in [0.25, 0.3) is 0 Å². The largest absolute Gasteiger partial charge is 0.298 e. The van der Waals surface area contributed by atoms with Crippen LogP contribution in [0.4, 0.5) is 8.78 Å². The number of hydrogen-bond donors (Lipinski definition) is 0. The zero-order valence-corrected chi connectivity index (χ0v) is 15.2. The van der Waals surface area contributed by atoms with Crippen LogP contribution in [0.25, 0.3) is 11.2 Å². The van der Waals surface area contributed by atoms with Crippen molar-refractivity contribution < 1.29 is 8.78 Å². The monoisotopic (exact) mass is 379 g/mol. The highest BCUT2D eigenvalue weighted by atomic mass is 35.5. The van der Waals surface area contributed by atoms with Crippen LogP contribution in [0.5, 0.6) is 0 Å². The van der Waals surface area contributed by atoms with E-state index < -0.39 is 11.6 Å². The Labute approximate surface area is 156 Å². The lowest BCUT2D eigenvalue weighted by Crippen LogP contribution is -2.34. The number of piperidine rings is 1. The molecule has 3 aromatic rings. The molecule has 1 atom stereocenters. The summed E-state index contributed by atoms with van der Waals surface area (Å²) >= 11 is 0. The quantitative estimate of drug-likeness (QED) is 0.699. The molecule has 26 heavy (non-hydrogen) atoms. The molecule has 0 N–H and O–H groups in total. The van der Waals surface area contributed by atoms with Gasteiger partial charge in [-0.05, 0) is 37.1 Å². The topological polar surface area (TPSA) is 46.8 Å². The molecule has 1 unspecified atom stereocenters. The van der Waals surface area contributed by atoms with Gasteiger partial charge in [-0.3, -0.25) is 4.90 Å². The van der Waals surface area contributed by atoms with E-state index in [0.29, 0.717) is 12.1 Å². The van der Waals surface area contributed by atoms with E-state index in [9.17, 15) is 8.78 Å². The highest BCUT2D eigenvalue weighted by molar-refractivity contribution is 5.85. The van der Waals surface area contributed by atoms with Crippen molar-refractivity contribution in [3.8, 4) is 0 Å². The smallest absolute Gasteiger partial charge is 0.176 e. The molecule has 1 aliphatic rings. The summed E-state index contributed by atoms with van der Waals surface area (Å²) in [5.41, 5.74) is 3.24.